The number of hydrogen-bond acceptors (Lipinski definition) is 4. The van der Waals surface area contributed by atoms with E-state index < -0.39 is 6.29 Å². The van der Waals surface area contributed by atoms with Crippen molar-refractivity contribution in [2.45, 2.75) is 19.1 Å². The number of ether oxygens (including phenoxy) is 2. The first-order valence-corrected chi connectivity index (χ1v) is 4.64. The smallest absolute Gasteiger partial charge is 0.309 e. The van der Waals surface area contributed by atoms with Gasteiger partial charge in [0.05, 0.1) is 13.0 Å². The van der Waals surface area contributed by atoms with Crippen LogP contribution in [0.5, 0.6) is 0 Å². The van der Waals surface area contributed by atoms with Crippen LogP contribution in [0.4, 0.5) is 0 Å². The van der Waals surface area contributed by atoms with Gasteiger partial charge in [0.25, 0.3) is 0 Å². The highest BCUT2D eigenvalue weighted by molar-refractivity contribution is 5.73. The predicted octanol–water partition coefficient (Wildman–Crippen LogP) is 0.707. The van der Waals surface area contributed by atoms with Gasteiger partial charge in [-0.05, 0) is 12.8 Å². The Labute approximate surface area is 83.5 Å². The minimum atomic E-state index is -0.899. The number of aliphatic hydroxyl groups excluding tert-OH is 1. The highest BCUT2D eigenvalue weighted by atomic mass is 16.6. The molecule has 0 saturated carbocycles. The number of carbonyl (C=O) groups is 1. The summed E-state index contributed by atoms with van der Waals surface area (Å²) < 4.78 is 9.50. The zero-order chi connectivity index (χ0) is 10.6. The summed E-state index contributed by atoms with van der Waals surface area (Å²) in [6.45, 7) is 0. The van der Waals surface area contributed by atoms with Gasteiger partial charge in [0.15, 0.2) is 6.29 Å². The van der Waals surface area contributed by atoms with Crippen LogP contribution >= 0.6 is 0 Å². The first-order valence-electron chi connectivity index (χ1n) is 4.64. The molecule has 1 rings (SSSR count). The maximum atomic E-state index is 11.4. The molecule has 3 unspecified atom stereocenters. The molecule has 0 saturated heterocycles. The van der Waals surface area contributed by atoms with Crippen LogP contribution < -0.4 is 0 Å². The van der Waals surface area contributed by atoms with E-state index in [2.05, 4.69) is 4.74 Å². The molecule has 0 aliphatic heterocycles. The molecule has 0 amide bonds. The van der Waals surface area contributed by atoms with E-state index in [0.29, 0.717) is 12.8 Å². The normalized spacial score (nSPS) is 28.5. The lowest BCUT2D eigenvalue weighted by atomic mass is 9.82. The van der Waals surface area contributed by atoms with Gasteiger partial charge >= 0.3 is 5.97 Å². The summed E-state index contributed by atoms with van der Waals surface area (Å²) in [6, 6.07) is 0. The number of hydrogen-bond donors (Lipinski definition) is 1. The van der Waals surface area contributed by atoms with E-state index in [4.69, 9.17) is 4.74 Å². The number of methoxy groups -OCH3 is 2. The molecule has 0 bridgehead atoms. The Morgan fingerprint density at radius 2 is 2.07 bits per heavy atom. The molecular formula is C10H16O4. The molecule has 0 fully saturated rings. The van der Waals surface area contributed by atoms with Gasteiger partial charge in [-0.15, -0.1) is 0 Å². The summed E-state index contributed by atoms with van der Waals surface area (Å²) in [7, 11) is 2.79. The van der Waals surface area contributed by atoms with Crippen LogP contribution in [0.2, 0.25) is 0 Å². The van der Waals surface area contributed by atoms with Crippen molar-refractivity contribution >= 4 is 5.97 Å². The molecule has 0 spiro atoms. The zero-order valence-electron chi connectivity index (χ0n) is 8.47. The molecule has 3 atom stereocenters. The maximum absolute atomic E-state index is 11.4. The minimum Gasteiger partial charge on any atom is -0.469 e. The Kier molecular flexibility index (Phi) is 4.10. The lowest BCUT2D eigenvalue weighted by Crippen LogP contribution is -2.35. The van der Waals surface area contributed by atoms with Crippen LogP contribution in [-0.2, 0) is 14.3 Å². The van der Waals surface area contributed by atoms with Gasteiger partial charge in [-0.25, -0.2) is 0 Å². The summed E-state index contributed by atoms with van der Waals surface area (Å²) in [6.07, 6.45) is 4.24. The Morgan fingerprint density at radius 1 is 1.43 bits per heavy atom. The maximum Gasteiger partial charge on any atom is 0.309 e. The van der Waals surface area contributed by atoms with Crippen molar-refractivity contribution in [2.75, 3.05) is 14.2 Å². The fourth-order valence-corrected chi connectivity index (χ4v) is 1.75. The molecule has 80 valence electrons. The van der Waals surface area contributed by atoms with Gasteiger partial charge in [0, 0.05) is 13.0 Å². The van der Waals surface area contributed by atoms with E-state index >= 15 is 0 Å². The van der Waals surface area contributed by atoms with Crippen molar-refractivity contribution < 1.29 is 19.4 Å². The van der Waals surface area contributed by atoms with Gasteiger partial charge in [0.2, 0.25) is 0 Å². The van der Waals surface area contributed by atoms with Crippen LogP contribution in [0, 0.1) is 11.8 Å². The van der Waals surface area contributed by atoms with Crippen molar-refractivity contribution in [3.05, 3.63) is 12.2 Å². The van der Waals surface area contributed by atoms with E-state index in [1.807, 2.05) is 12.2 Å². The molecule has 4 heteroatoms. The SMILES string of the molecule is COC(=O)C1CC=CCC1C(O)OC. The Morgan fingerprint density at radius 3 is 2.64 bits per heavy atom. The van der Waals surface area contributed by atoms with Crippen LogP contribution in [0.25, 0.3) is 0 Å². The highest BCUT2D eigenvalue weighted by Crippen LogP contribution is 2.29. The number of aliphatic hydroxyl groups is 1. The predicted molar refractivity (Wildman–Crippen MR) is 50.4 cm³/mol. The second kappa shape index (κ2) is 5.12. The molecule has 14 heavy (non-hydrogen) atoms. The highest BCUT2D eigenvalue weighted by Gasteiger charge is 2.34. The fraction of sp³-hybridized carbons (Fsp3) is 0.700. The van der Waals surface area contributed by atoms with Gasteiger partial charge in [-0.3, -0.25) is 4.79 Å². The third-order valence-electron chi connectivity index (χ3n) is 2.59. The van der Waals surface area contributed by atoms with Crippen molar-refractivity contribution in [1.82, 2.24) is 0 Å². The lowest BCUT2D eigenvalue weighted by molar-refractivity contribution is -0.162. The summed E-state index contributed by atoms with van der Waals surface area (Å²) in [5.74, 6) is -0.771. The van der Waals surface area contributed by atoms with E-state index in [9.17, 15) is 9.90 Å². The van der Waals surface area contributed by atoms with Gasteiger partial charge in [-0.1, -0.05) is 12.2 Å². The number of esters is 1. The average molecular weight is 200 g/mol. The molecule has 4 nitrogen and oxygen atoms in total. The molecule has 0 aromatic carbocycles. The summed E-state index contributed by atoms with van der Waals surface area (Å²) in [5, 5.41) is 9.53. The fourth-order valence-electron chi connectivity index (χ4n) is 1.75. The van der Waals surface area contributed by atoms with E-state index in [-0.39, 0.29) is 17.8 Å². The summed E-state index contributed by atoms with van der Waals surface area (Å²) in [4.78, 5) is 11.4. The molecule has 0 radical (unpaired) electrons. The first kappa shape index (κ1) is 11.2. The largest absolute Gasteiger partial charge is 0.469 e. The molecular weight excluding hydrogens is 184 g/mol. The molecule has 0 aromatic heterocycles. The molecule has 1 N–H and O–H groups in total. The summed E-state index contributed by atoms with van der Waals surface area (Å²) >= 11 is 0. The molecule has 1 aliphatic rings. The number of carbonyl (C=O) groups excluding carboxylic acids is 1. The minimum absolute atomic E-state index is 0.197. The monoisotopic (exact) mass is 200 g/mol. The second-order valence-corrected chi connectivity index (χ2v) is 3.36. The van der Waals surface area contributed by atoms with Crippen LogP contribution in [0.1, 0.15) is 12.8 Å². The van der Waals surface area contributed by atoms with Crippen molar-refractivity contribution in [3.63, 3.8) is 0 Å². The zero-order valence-corrected chi connectivity index (χ0v) is 8.47. The number of rotatable bonds is 3. The quantitative estimate of drug-likeness (QED) is 0.414. The standard InChI is InChI=1S/C10H16O4/c1-13-9(11)7-5-3-4-6-8(7)10(12)14-2/h3-4,7-9,11H,5-6H2,1-2H3. The van der Waals surface area contributed by atoms with E-state index in [1.165, 1.54) is 14.2 Å². The van der Waals surface area contributed by atoms with Crippen LogP contribution in [0.15, 0.2) is 12.2 Å². The average Bonchev–Trinajstić information content (AvgIpc) is 2.27. The van der Waals surface area contributed by atoms with Crippen molar-refractivity contribution in [1.29, 1.82) is 0 Å². The van der Waals surface area contributed by atoms with Crippen LogP contribution in [-0.4, -0.2) is 31.6 Å². The van der Waals surface area contributed by atoms with Gasteiger partial charge in [0.1, 0.15) is 0 Å². The first-order chi connectivity index (χ1) is 6.70. The second-order valence-electron chi connectivity index (χ2n) is 3.36. The molecule has 0 heterocycles. The van der Waals surface area contributed by atoms with E-state index in [1.54, 1.807) is 0 Å². The van der Waals surface area contributed by atoms with Gasteiger partial charge in [-0.2, -0.15) is 0 Å². The van der Waals surface area contributed by atoms with Crippen molar-refractivity contribution in [3.8, 4) is 0 Å². The topological polar surface area (TPSA) is 55.8 Å². The Balaban J connectivity index is 2.70. The Hall–Kier alpha value is -0.870. The van der Waals surface area contributed by atoms with Crippen molar-refractivity contribution in [2.24, 2.45) is 11.8 Å². The summed E-state index contributed by atoms with van der Waals surface area (Å²) in [5.41, 5.74) is 0. The third kappa shape index (κ3) is 2.33. The molecule has 1 aliphatic carbocycles. The third-order valence-corrected chi connectivity index (χ3v) is 2.59. The van der Waals surface area contributed by atoms with E-state index in [0.717, 1.165) is 0 Å². The molecule has 0 aromatic rings. The lowest BCUT2D eigenvalue weighted by Gasteiger charge is -2.29. The number of allylic oxidation sites excluding steroid dienone is 2. The van der Waals surface area contributed by atoms with Gasteiger partial charge < -0.3 is 14.6 Å². The van der Waals surface area contributed by atoms with Crippen LogP contribution in [0.3, 0.4) is 0 Å². The Bertz CT molecular complexity index is 224.